The summed E-state index contributed by atoms with van der Waals surface area (Å²) >= 11 is 0. The van der Waals surface area contributed by atoms with E-state index in [1.165, 1.54) is 45.1 Å². The van der Waals surface area contributed by atoms with Crippen molar-refractivity contribution >= 4 is 0 Å². The molecule has 0 radical (unpaired) electrons. The Bertz CT molecular complexity index is 253. The van der Waals surface area contributed by atoms with Crippen molar-refractivity contribution < 1.29 is 0 Å². The molecule has 0 atom stereocenters. The highest BCUT2D eigenvalue weighted by Gasteiger charge is 2.35. The van der Waals surface area contributed by atoms with Gasteiger partial charge in [-0.15, -0.1) is 6.42 Å². The van der Waals surface area contributed by atoms with Crippen LogP contribution in [0.3, 0.4) is 0 Å². The van der Waals surface area contributed by atoms with Gasteiger partial charge in [-0.2, -0.15) is 0 Å². The summed E-state index contributed by atoms with van der Waals surface area (Å²) < 4.78 is 0. The first-order valence-electron chi connectivity index (χ1n) is 6.64. The van der Waals surface area contributed by atoms with Crippen LogP contribution in [0.25, 0.3) is 0 Å². The first-order valence-corrected chi connectivity index (χ1v) is 6.64. The molecule has 0 aliphatic heterocycles. The summed E-state index contributed by atoms with van der Waals surface area (Å²) in [6, 6.07) is 0. The molecule has 2 fully saturated rings. The lowest BCUT2D eigenvalue weighted by atomic mass is 9.66. The minimum atomic E-state index is 0.469. The van der Waals surface area contributed by atoms with E-state index in [0.29, 0.717) is 5.41 Å². The van der Waals surface area contributed by atoms with Gasteiger partial charge in [0.15, 0.2) is 0 Å². The molecule has 0 aromatic heterocycles. The van der Waals surface area contributed by atoms with Crippen LogP contribution in [0.2, 0.25) is 0 Å². The maximum atomic E-state index is 5.88. The first kappa shape index (κ1) is 12.0. The number of terminal acetylenes is 1. The normalized spacial score (nSPS) is 22.8. The Balaban J connectivity index is 1.73. The highest BCUT2D eigenvalue weighted by molar-refractivity contribution is 4.93. The molecule has 2 aliphatic rings. The van der Waals surface area contributed by atoms with E-state index in [1.54, 1.807) is 0 Å². The second kappa shape index (κ2) is 5.21. The summed E-state index contributed by atoms with van der Waals surface area (Å²) in [5.74, 6) is 3.72. The van der Waals surface area contributed by atoms with Crippen molar-refractivity contribution in [2.24, 2.45) is 17.1 Å². The Morgan fingerprint density at radius 2 is 2.12 bits per heavy atom. The lowest BCUT2D eigenvalue weighted by molar-refractivity contribution is 0.108. The third-order valence-corrected chi connectivity index (χ3v) is 4.33. The molecule has 2 N–H and O–H groups in total. The van der Waals surface area contributed by atoms with Gasteiger partial charge in [0, 0.05) is 6.54 Å². The van der Waals surface area contributed by atoms with E-state index >= 15 is 0 Å². The van der Waals surface area contributed by atoms with Gasteiger partial charge in [-0.1, -0.05) is 12.3 Å². The fourth-order valence-corrected chi connectivity index (χ4v) is 2.66. The van der Waals surface area contributed by atoms with Crippen molar-refractivity contribution in [1.82, 2.24) is 4.90 Å². The summed E-state index contributed by atoms with van der Waals surface area (Å²) in [7, 11) is 0. The van der Waals surface area contributed by atoms with Gasteiger partial charge in [0.2, 0.25) is 0 Å². The quantitative estimate of drug-likeness (QED) is 0.664. The molecule has 0 aromatic carbocycles. The number of nitrogens with zero attached hydrogens (tertiary/aromatic N) is 1. The second-order valence-corrected chi connectivity index (χ2v) is 5.69. The molecule has 2 saturated carbocycles. The molecule has 2 rings (SSSR count). The van der Waals surface area contributed by atoms with E-state index in [4.69, 9.17) is 12.2 Å². The van der Waals surface area contributed by atoms with Gasteiger partial charge in [0.25, 0.3) is 0 Å². The van der Waals surface area contributed by atoms with Crippen LogP contribution in [0.15, 0.2) is 0 Å². The maximum Gasteiger partial charge on any atom is 0.0599 e. The minimum absolute atomic E-state index is 0.469. The van der Waals surface area contributed by atoms with Crippen LogP contribution in [0.4, 0.5) is 0 Å². The third kappa shape index (κ3) is 2.99. The number of rotatable bonds is 7. The van der Waals surface area contributed by atoms with Crippen molar-refractivity contribution in [3.05, 3.63) is 0 Å². The summed E-state index contributed by atoms with van der Waals surface area (Å²) in [6.07, 6.45) is 13.5. The summed E-state index contributed by atoms with van der Waals surface area (Å²) in [5, 5.41) is 0. The topological polar surface area (TPSA) is 29.3 Å². The van der Waals surface area contributed by atoms with Crippen LogP contribution in [0.5, 0.6) is 0 Å². The summed E-state index contributed by atoms with van der Waals surface area (Å²) in [4.78, 5) is 2.45. The predicted molar refractivity (Wildman–Crippen MR) is 68.0 cm³/mol. The van der Waals surface area contributed by atoms with Crippen molar-refractivity contribution in [2.45, 2.75) is 38.5 Å². The molecule has 2 heteroatoms. The molecule has 16 heavy (non-hydrogen) atoms. The maximum absolute atomic E-state index is 5.88. The number of hydrogen-bond acceptors (Lipinski definition) is 2. The standard InChI is InChI=1S/C14H24N2/c1-2-9-16(11-13-4-5-13)10-8-14(12-15)6-3-7-14/h1,13H,3-12,15H2. The molecular weight excluding hydrogens is 196 g/mol. The molecule has 90 valence electrons. The fourth-order valence-electron chi connectivity index (χ4n) is 2.66. The number of nitrogens with two attached hydrogens (primary N) is 1. The molecule has 0 spiro atoms. The zero-order valence-corrected chi connectivity index (χ0v) is 10.3. The van der Waals surface area contributed by atoms with Crippen molar-refractivity contribution in [3.63, 3.8) is 0 Å². The largest absolute Gasteiger partial charge is 0.330 e. The van der Waals surface area contributed by atoms with Gasteiger partial charge in [-0.3, -0.25) is 4.90 Å². The van der Waals surface area contributed by atoms with E-state index < -0.39 is 0 Å². The molecule has 2 nitrogen and oxygen atoms in total. The third-order valence-electron chi connectivity index (χ3n) is 4.33. The average molecular weight is 220 g/mol. The monoisotopic (exact) mass is 220 g/mol. The predicted octanol–water partition coefficient (Wildman–Crippen LogP) is 1.85. The molecule has 0 aromatic rings. The first-order chi connectivity index (χ1) is 7.78. The lowest BCUT2D eigenvalue weighted by Gasteiger charge is -2.42. The van der Waals surface area contributed by atoms with Crippen LogP contribution < -0.4 is 5.73 Å². The Morgan fingerprint density at radius 1 is 1.38 bits per heavy atom. The van der Waals surface area contributed by atoms with E-state index in [-0.39, 0.29) is 0 Å². The molecule has 0 heterocycles. The molecule has 0 unspecified atom stereocenters. The van der Waals surface area contributed by atoms with Crippen LogP contribution in [-0.2, 0) is 0 Å². The molecule has 0 amide bonds. The van der Waals surface area contributed by atoms with Crippen molar-refractivity contribution in [3.8, 4) is 12.3 Å². The smallest absolute Gasteiger partial charge is 0.0599 e. The van der Waals surface area contributed by atoms with E-state index in [0.717, 1.165) is 25.6 Å². The molecule has 2 aliphatic carbocycles. The highest BCUT2D eigenvalue weighted by atomic mass is 15.1. The van der Waals surface area contributed by atoms with Crippen LogP contribution in [-0.4, -0.2) is 31.1 Å². The SMILES string of the molecule is C#CCN(CCC1(CN)CCC1)CC1CC1. The van der Waals surface area contributed by atoms with Gasteiger partial charge < -0.3 is 5.73 Å². The van der Waals surface area contributed by atoms with Crippen molar-refractivity contribution in [1.29, 1.82) is 0 Å². The molecule has 0 bridgehead atoms. The number of hydrogen-bond donors (Lipinski definition) is 1. The lowest BCUT2D eigenvalue weighted by Crippen LogP contribution is -2.41. The Labute approximate surface area is 99.6 Å². The van der Waals surface area contributed by atoms with Gasteiger partial charge in [0.1, 0.15) is 0 Å². The molecular formula is C14H24N2. The molecule has 0 saturated heterocycles. The Morgan fingerprint density at radius 3 is 2.56 bits per heavy atom. The zero-order chi connectivity index (χ0) is 11.4. The Hall–Kier alpha value is -0.520. The fraction of sp³-hybridized carbons (Fsp3) is 0.857. The average Bonchev–Trinajstić information content (AvgIpc) is 3.01. The zero-order valence-electron chi connectivity index (χ0n) is 10.3. The van der Waals surface area contributed by atoms with Gasteiger partial charge in [-0.25, -0.2) is 0 Å². The minimum Gasteiger partial charge on any atom is -0.330 e. The van der Waals surface area contributed by atoms with Crippen LogP contribution in [0.1, 0.15) is 38.5 Å². The second-order valence-electron chi connectivity index (χ2n) is 5.69. The van der Waals surface area contributed by atoms with E-state index in [2.05, 4.69) is 10.8 Å². The summed E-state index contributed by atoms with van der Waals surface area (Å²) in [5.41, 5.74) is 6.35. The summed E-state index contributed by atoms with van der Waals surface area (Å²) in [6.45, 7) is 4.04. The van der Waals surface area contributed by atoms with Gasteiger partial charge in [-0.05, 0) is 56.5 Å². The Kier molecular flexibility index (Phi) is 3.89. The van der Waals surface area contributed by atoms with Crippen LogP contribution >= 0.6 is 0 Å². The van der Waals surface area contributed by atoms with Crippen molar-refractivity contribution in [2.75, 3.05) is 26.2 Å². The highest BCUT2D eigenvalue weighted by Crippen LogP contribution is 2.43. The van der Waals surface area contributed by atoms with Gasteiger partial charge >= 0.3 is 0 Å². The van der Waals surface area contributed by atoms with E-state index in [1.807, 2.05) is 0 Å². The van der Waals surface area contributed by atoms with Crippen LogP contribution in [0, 0.1) is 23.7 Å². The van der Waals surface area contributed by atoms with E-state index in [9.17, 15) is 0 Å². The van der Waals surface area contributed by atoms with Gasteiger partial charge in [0.05, 0.1) is 6.54 Å².